The Balaban J connectivity index is 2.40. The molecule has 0 heterocycles. The molecule has 0 fully saturated rings. The topological polar surface area (TPSA) is 52.4 Å². The van der Waals surface area contributed by atoms with Crippen molar-refractivity contribution in [3.05, 3.63) is 60.8 Å². The van der Waals surface area contributed by atoms with Gasteiger partial charge in [-0.25, -0.2) is 4.39 Å². The minimum Gasteiger partial charge on any atom is -0.455 e. The van der Waals surface area contributed by atoms with Gasteiger partial charge in [0.1, 0.15) is 11.6 Å². The number of nitro benzene ring substituents is 1. The molecule has 0 bridgehead atoms. The van der Waals surface area contributed by atoms with Crippen LogP contribution in [0.2, 0.25) is 0 Å². The molecule has 2 rings (SSSR count). The molecule has 2 aromatic rings. The summed E-state index contributed by atoms with van der Waals surface area (Å²) in [5, 5.41) is 10.8. The molecule has 0 spiro atoms. The van der Waals surface area contributed by atoms with Crippen LogP contribution < -0.4 is 4.74 Å². The number of hydrogen-bond acceptors (Lipinski definition) is 3. The minimum absolute atomic E-state index is 0.0956. The average Bonchev–Trinajstić information content (AvgIpc) is 2.41. The number of alkyl halides is 1. The first-order valence-corrected chi connectivity index (χ1v) is 7.69. The Morgan fingerprint density at radius 2 is 1.81 bits per heavy atom. The molecule has 2 aromatic carbocycles. The minimum atomic E-state index is -0.521. The quantitative estimate of drug-likeness (QED) is 0.344. The maximum atomic E-state index is 13.4. The van der Waals surface area contributed by atoms with Crippen molar-refractivity contribution < 1.29 is 14.1 Å². The van der Waals surface area contributed by atoms with Crippen molar-refractivity contribution in [1.82, 2.24) is 0 Å². The molecular formula is C13H7Br2ClFNO3. The van der Waals surface area contributed by atoms with Gasteiger partial charge in [-0.3, -0.25) is 10.1 Å². The van der Waals surface area contributed by atoms with E-state index in [4.69, 9.17) is 16.3 Å². The summed E-state index contributed by atoms with van der Waals surface area (Å²) in [7, 11) is 0. The van der Waals surface area contributed by atoms with Gasteiger partial charge in [0, 0.05) is 24.1 Å². The zero-order valence-electron chi connectivity index (χ0n) is 10.3. The van der Waals surface area contributed by atoms with Crippen molar-refractivity contribution in [3.63, 3.8) is 0 Å². The van der Waals surface area contributed by atoms with Gasteiger partial charge in [0.2, 0.25) is 0 Å². The highest BCUT2D eigenvalue weighted by molar-refractivity contribution is 9.11. The van der Waals surface area contributed by atoms with E-state index in [9.17, 15) is 14.5 Å². The van der Waals surface area contributed by atoms with Crippen LogP contribution in [-0.4, -0.2) is 4.92 Å². The summed E-state index contributed by atoms with van der Waals surface area (Å²) >= 11 is 12.1. The lowest BCUT2D eigenvalue weighted by molar-refractivity contribution is -0.385. The van der Waals surface area contributed by atoms with Crippen LogP contribution in [0.1, 0.15) is 5.56 Å². The van der Waals surface area contributed by atoms with Crippen molar-refractivity contribution in [1.29, 1.82) is 0 Å². The van der Waals surface area contributed by atoms with Crippen molar-refractivity contribution in [3.8, 4) is 11.5 Å². The Bertz CT molecular complexity index is 689. The van der Waals surface area contributed by atoms with Crippen molar-refractivity contribution in [2.24, 2.45) is 0 Å². The van der Waals surface area contributed by atoms with Gasteiger partial charge in [-0.1, -0.05) is 0 Å². The molecule has 110 valence electrons. The molecule has 0 amide bonds. The second kappa shape index (κ2) is 6.72. The Morgan fingerprint density at radius 3 is 2.33 bits per heavy atom. The second-order valence-electron chi connectivity index (χ2n) is 4.03. The van der Waals surface area contributed by atoms with Crippen LogP contribution in [0, 0.1) is 15.9 Å². The third kappa shape index (κ3) is 3.93. The molecule has 0 N–H and O–H groups in total. The molecule has 0 aliphatic carbocycles. The summed E-state index contributed by atoms with van der Waals surface area (Å²) in [6, 6.07) is 6.72. The molecule has 8 heteroatoms. The van der Waals surface area contributed by atoms with Crippen LogP contribution in [0.15, 0.2) is 39.3 Å². The van der Waals surface area contributed by atoms with Gasteiger partial charge >= 0.3 is 0 Å². The number of non-ortho nitro benzene ring substituents is 1. The van der Waals surface area contributed by atoms with Crippen molar-refractivity contribution in [2.75, 3.05) is 0 Å². The Kier molecular flexibility index (Phi) is 5.18. The zero-order valence-corrected chi connectivity index (χ0v) is 14.2. The summed E-state index contributed by atoms with van der Waals surface area (Å²) in [6.45, 7) is 0. The lowest BCUT2D eigenvalue weighted by Crippen LogP contribution is -1.93. The van der Waals surface area contributed by atoms with Gasteiger partial charge in [0.25, 0.3) is 5.69 Å². The standard InChI is InChI=1S/C13H7Br2ClFNO3/c14-11-4-9(18(19)20)5-12(15)13(11)21-10-2-7(6-16)1-8(17)3-10/h1-5H,6H2. The summed E-state index contributed by atoms with van der Waals surface area (Å²) in [4.78, 5) is 10.2. The van der Waals surface area contributed by atoms with E-state index in [-0.39, 0.29) is 17.3 Å². The normalized spacial score (nSPS) is 10.5. The molecule has 0 saturated carbocycles. The molecule has 0 unspecified atom stereocenters. The molecule has 0 saturated heterocycles. The van der Waals surface area contributed by atoms with E-state index in [1.54, 1.807) is 6.07 Å². The fourth-order valence-electron chi connectivity index (χ4n) is 1.62. The first kappa shape index (κ1) is 16.2. The molecule has 0 aliphatic rings. The lowest BCUT2D eigenvalue weighted by Gasteiger charge is -2.11. The van der Waals surface area contributed by atoms with Gasteiger partial charge < -0.3 is 4.74 Å². The number of benzene rings is 2. The van der Waals surface area contributed by atoms with E-state index < -0.39 is 10.7 Å². The van der Waals surface area contributed by atoms with Gasteiger partial charge in [0.15, 0.2) is 5.75 Å². The van der Waals surface area contributed by atoms with E-state index >= 15 is 0 Å². The fourth-order valence-corrected chi connectivity index (χ4v) is 3.10. The lowest BCUT2D eigenvalue weighted by atomic mass is 10.2. The van der Waals surface area contributed by atoms with Crippen molar-refractivity contribution >= 4 is 49.1 Å². The number of halogens is 4. The monoisotopic (exact) mass is 437 g/mol. The maximum absolute atomic E-state index is 13.4. The van der Waals surface area contributed by atoms with Gasteiger partial charge in [-0.15, -0.1) is 11.6 Å². The first-order valence-electron chi connectivity index (χ1n) is 5.57. The Labute approximate surface area is 141 Å². The van der Waals surface area contributed by atoms with Crippen molar-refractivity contribution in [2.45, 2.75) is 5.88 Å². The van der Waals surface area contributed by atoms with Gasteiger partial charge in [-0.05, 0) is 49.6 Å². The van der Waals surface area contributed by atoms with Crippen LogP contribution in [-0.2, 0) is 5.88 Å². The molecule has 0 aliphatic heterocycles. The van der Waals surface area contributed by atoms with Crippen LogP contribution in [0.25, 0.3) is 0 Å². The number of ether oxygens (including phenoxy) is 1. The highest BCUT2D eigenvalue weighted by atomic mass is 79.9. The highest BCUT2D eigenvalue weighted by Crippen LogP contribution is 2.40. The van der Waals surface area contributed by atoms with Crippen LogP contribution >= 0.6 is 43.5 Å². The summed E-state index contributed by atoms with van der Waals surface area (Å²) < 4.78 is 19.8. The predicted molar refractivity (Wildman–Crippen MR) is 84.5 cm³/mol. The summed E-state index contributed by atoms with van der Waals surface area (Å²) in [6.07, 6.45) is 0. The van der Waals surface area contributed by atoms with E-state index in [0.717, 1.165) is 0 Å². The largest absolute Gasteiger partial charge is 0.455 e. The zero-order chi connectivity index (χ0) is 15.6. The summed E-state index contributed by atoms with van der Waals surface area (Å²) in [5.74, 6) is 0.237. The third-order valence-electron chi connectivity index (χ3n) is 2.50. The van der Waals surface area contributed by atoms with E-state index in [1.807, 2.05) is 0 Å². The summed E-state index contributed by atoms with van der Waals surface area (Å²) in [5.41, 5.74) is 0.475. The van der Waals surface area contributed by atoms with Crippen LogP contribution in [0.4, 0.5) is 10.1 Å². The smallest absolute Gasteiger partial charge is 0.271 e. The number of nitrogens with zero attached hydrogens (tertiary/aromatic N) is 1. The van der Waals surface area contributed by atoms with E-state index in [1.165, 1.54) is 24.3 Å². The van der Waals surface area contributed by atoms with E-state index in [0.29, 0.717) is 20.3 Å². The molecule has 0 atom stereocenters. The average molecular weight is 439 g/mol. The SMILES string of the molecule is O=[N+]([O-])c1cc(Br)c(Oc2cc(F)cc(CCl)c2)c(Br)c1. The van der Waals surface area contributed by atoms with Crippen LogP contribution in [0.3, 0.4) is 0 Å². The van der Waals surface area contributed by atoms with Gasteiger partial charge in [-0.2, -0.15) is 0 Å². The third-order valence-corrected chi connectivity index (χ3v) is 3.99. The van der Waals surface area contributed by atoms with E-state index in [2.05, 4.69) is 31.9 Å². The second-order valence-corrected chi connectivity index (χ2v) is 6.00. The fraction of sp³-hybridized carbons (Fsp3) is 0.0769. The number of nitro groups is 1. The highest BCUT2D eigenvalue weighted by Gasteiger charge is 2.16. The first-order chi connectivity index (χ1) is 9.90. The molecular weight excluding hydrogens is 432 g/mol. The molecule has 0 aromatic heterocycles. The Hall–Kier alpha value is -1.18. The maximum Gasteiger partial charge on any atom is 0.271 e. The molecule has 4 nitrogen and oxygen atoms in total. The Morgan fingerprint density at radius 1 is 1.19 bits per heavy atom. The molecule has 0 radical (unpaired) electrons. The number of rotatable bonds is 4. The van der Waals surface area contributed by atoms with Crippen LogP contribution in [0.5, 0.6) is 11.5 Å². The van der Waals surface area contributed by atoms with Gasteiger partial charge in [0.05, 0.1) is 13.9 Å². The molecule has 21 heavy (non-hydrogen) atoms. The predicted octanol–water partition coefficient (Wildman–Crippen LogP) is 5.79. The number of hydrogen-bond donors (Lipinski definition) is 0.